The molecule has 2 aliphatic carbocycles. The third-order valence-electron chi connectivity index (χ3n) is 18.8. The number of rotatable bonds is 6. The molecule has 0 heteroatoms. The van der Waals surface area contributed by atoms with Crippen molar-refractivity contribution in [2.75, 3.05) is 0 Å². The van der Waals surface area contributed by atoms with Crippen molar-refractivity contribution < 1.29 is 0 Å². The highest BCUT2D eigenvalue weighted by Crippen LogP contribution is 2.64. The van der Waals surface area contributed by atoms with Gasteiger partial charge in [0, 0.05) is 0 Å². The van der Waals surface area contributed by atoms with Crippen molar-refractivity contribution in [2.45, 2.75) is 41.5 Å². The third kappa shape index (κ3) is 6.33. The molecule has 0 heterocycles. The van der Waals surface area contributed by atoms with Crippen LogP contribution in [0.1, 0.15) is 33.4 Å². The standard InChI is InChI=1S/C82H56/c1-45-41-47(3)69(48(4)42-45)77-59-31-19-17-29-57(59)73(55-27-15-13-25-53(55)51-21-9-7-10-22-51)79-65-37-33-61-64-36-40-68-76-66(38-34-62(72(64)76)63-35-39-67(81(77)79)75(65)71(61)63)80-74(56-28-16-14-26-54(56)52-23-11-8-12-24-52)58-30-18-20-32-60(58)78(82(68)80)70-49(5)43-46(2)44-50(70)6/h7-44H,1-6H3. The second-order valence-electron chi connectivity index (χ2n) is 23.6. The van der Waals surface area contributed by atoms with Crippen LogP contribution < -0.4 is 0 Å². The highest BCUT2D eigenvalue weighted by Gasteiger charge is 2.37. The SMILES string of the molecule is Cc1cc(C)c(-c2c3c(c(-c4ccccc4-c4ccccc4)c4ccccc24)-c2ccc4c5ccc6c7c(ccc(c8ccc-3c2c48)c75)-c2c-6c(-c3c(C)cc(C)cc3C)c3ccccc3c2-c2ccccc2-c2ccccc2)c(C)c1. The molecule has 0 bridgehead atoms. The van der Waals surface area contributed by atoms with Crippen molar-refractivity contribution in [1.82, 2.24) is 0 Å². The minimum Gasteiger partial charge on any atom is -0.0622 e. The van der Waals surface area contributed by atoms with Crippen molar-refractivity contribution in [3.8, 4) is 111 Å². The Kier molecular flexibility index (Phi) is 9.92. The molecular formula is C82H56. The number of hydrogen-bond donors (Lipinski definition) is 0. The first-order valence-corrected chi connectivity index (χ1v) is 29.1. The van der Waals surface area contributed by atoms with Gasteiger partial charge in [0.1, 0.15) is 0 Å². The van der Waals surface area contributed by atoms with Crippen molar-refractivity contribution in [1.29, 1.82) is 0 Å². The molecule has 17 rings (SSSR count). The molecule has 0 saturated heterocycles. The maximum Gasteiger partial charge on any atom is -0.000718 e. The van der Waals surface area contributed by atoms with Gasteiger partial charge in [0.2, 0.25) is 0 Å². The van der Waals surface area contributed by atoms with E-state index < -0.39 is 0 Å². The Morgan fingerprint density at radius 3 is 0.768 bits per heavy atom. The van der Waals surface area contributed by atoms with E-state index in [-0.39, 0.29) is 0 Å². The van der Waals surface area contributed by atoms with Crippen molar-refractivity contribution >= 4 is 64.6 Å². The van der Waals surface area contributed by atoms with Crippen LogP contribution in [0.5, 0.6) is 0 Å². The van der Waals surface area contributed by atoms with Gasteiger partial charge in [-0.1, -0.05) is 242 Å². The smallest absolute Gasteiger partial charge is 0.000718 e. The van der Waals surface area contributed by atoms with Crippen LogP contribution in [0.3, 0.4) is 0 Å². The van der Waals surface area contributed by atoms with Gasteiger partial charge in [-0.2, -0.15) is 0 Å². The van der Waals surface area contributed by atoms with Crippen molar-refractivity contribution in [3.05, 3.63) is 264 Å². The van der Waals surface area contributed by atoms with Gasteiger partial charge < -0.3 is 0 Å². The van der Waals surface area contributed by atoms with Crippen LogP contribution >= 0.6 is 0 Å². The number of benzene rings is 15. The van der Waals surface area contributed by atoms with E-state index in [0.717, 1.165) is 0 Å². The molecule has 0 nitrogen and oxygen atoms in total. The summed E-state index contributed by atoms with van der Waals surface area (Å²) in [5.41, 5.74) is 33.8. The third-order valence-corrected chi connectivity index (χ3v) is 18.8. The Bertz CT molecular complexity index is 4900. The Balaban J connectivity index is 1.00. The maximum atomic E-state index is 2.50. The zero-order valence-corrected chi connectivity index (χ0v) is 46.9. The first-order valence-electron chi connectivity index (χ1n) is 29.1. The second-order valence-corrected chi connectivity index (χ2v) is 23.6. The van der Waals surface area contributed by atoms with E-state index in [0.29, 0.717) is 0 Å². The monoisotopic (exact) mass is 1040 g/mol. The minimum absolute atomic E-state index is 1.22. The molecule has 0 spiro atoms. The lowest BCUT2D eigenvalue weighted by molar-refractivity contribution is 1.32. The summed E-state index contributed by atoms with van der Waals surface area (Å²) in [5, 5.41) is 15.8. The Hall–Kier alpha value is -9.88. The van der Waals surface area contributed by atoms with E-state index in [1.165, 1.54) is 209 Å². The van der Waals surface area contributed by atoms with Crippen LogP contribution in [0.25, 0.3) is 176 Å². The van der Waals surface area contributed by atoms with Crippen LogP contribution in [0.4, 0.5) is 0 Å². The van der Waals surface area contributed by atoms with Crippen molar-refractivity contribution in [2.24, 2.45) is 0 Å². The van der Waals surface area contributed by atoms with Crippen LogP contribution in [-0.4, -0.2) is 0 Å². The predicted octanol–water partition coefficient (Wildman–Crippen LogP) is 23.2. The molecule has 0 aliphatic heterocycles. The summed E-state index contributed by atoms with van der Waals surface area (Å²) in [6, 6.07) is 88.1. The largest absolute Gasteiger partial charge is 0.0622 e. The highest BCUT2D eigenvalue weighted by molar-refractivity contribution is 6.42. The maximum absolute atomic E-state index is 2.50. The molecule has 0 amide bonds. The summed E-state index contributed by atoms with van der Waals surface area (Å²) >= 11 is 0. The van der Waals surface area contributed by atoms with Crippen LogP contribution in [-0.2, 0) is 0 Å². The van der Waals surface area contributed by atoms with E-state index >= 15 is 0 Å². The molecule has 2 aliphatic rings. The first kappa shape index (κ1) is 47.0. The van der Waals surface area contributed by atoms with Gasteiger partial charge in [-0.05, 0) is 240 Å². The first-order chi connectivity index (χ1) is 40.2. The molecule has 0 fully saturated rings. The Morgan fingerprint density at radius 2 is 0.439 bits per heavy atom. The quantitative estimate of drug-likeness (QED) is 0.115. The fourth-order valence-corrected chi connectivity index (χ4v) is 16.0. The molecular weight excluding hydrogens is 985 g/mol. The van der Waals surface area contributed by atoms with Gasteiger partial charge >= 0.3 is 0 Å². The Labute approximate surface area is 478 Å². The summed E-state index contributed by atoms with van der Waals surface area (Å²) in [6.45, 7) is 13.7. The molecule has 15 aromatic rings. The highest BCUT2D eigenvalue weighted by atomic mass is 14.4. The summed E-state index contributed by atoms with van der Waals surface area (Å²) in [5.74, 6) is 0. The lowest BCUT2D eigenvalue weighted by Gasteiger charge is -2.24. The van der Waals surface area contributed by atoms with Gasteiger partial charge in [0.15, 0.2) is 0 Å². The molecule has 0 atom stereocenters. The molecule has 0 radical (unpaired) electrons. The average Bonchev–Trinajstić information content (AvgIpc) is 2.32. The fourth-order valence-electron chi connectivity index (χ4n) is 16.0. The van der Waals surface area contributed by atoms with Gasteiger partial charge in [-0.15, -0.1) is 0 Å². The normalized spacial score (nSPS) is 12.3. The fraction of sp³-hybridized carbons (Fsp3) is 0.0732. The summed E-state index contributed by atoms with van der Waals surface area (Å²) in [6.07, 6.45) is 0. The van der Waals surface area contributed by atoms with Crippen molar-refractivity contribution in [3.63, 3.8) is 0 Å². The summed E-state index contributed by atoms with van der Waals surface area (Å²) in [4.78, 5) is 0. The van der Waals surface area contributed by atoms with E-state index in [2.05, 4.69) is 272 Å². The second kappa shape index (κ2) is 17.3. The molecule has 82 heavy (non-hydrogen) atoms. The Morgan fingerprint density at radius 1 is 0.171 bits per heavy atom. The zero-order chi connectivity index (χ0) is 54.8. The molecule has 0 saturated carbocycles. The lowest BCUT2D eigenvalue weighted by Crippen LogP contribution is -1.98. The number of hydrogen-bond acceptors (Lipinski definition) is 0. The van der Waals surface area contributed by atoms with E-state index in [1.807, 2.05) is 0 Å². The molecule has 15 aromatic carbocycles. The van der Waals surface area contributed by atoms with Crippen LogP contribution in [0.15, 0.2) is 231 Å². The average molecular weight is 1040 g/mol. The van der Waals surface area contributed by atoms with Gasteiger partial charge in [-0.3, -0.25) is 0 Å². The number of aryl methyl sites for hydroxylation is 6. The van der Waals surface area contributed by atoms with Gasteiger partial charge in [0.25, 0.3) is 0 Å². The van der Waals surface area contributed by atoms with Crippen LogP contribution in [0, 0.1) is 41.5 Å². The van der Waals surface area contributed by atoms with Gasteiger partial charge in [-0.25, -0.2) is 0 Å². The molecule has 384 valence electrons. The zero-order valence-electron chi connectivity index (χ0n) is 46.9. The minimum atomic E-state index is 1.22. The van der Waals surface area contributed by atoms with Crippen LogP contribution in [0.2, 0.25) is 0 Å². The summed E-state index contributed by atoms with van der Waals surface area (Å²) < 4.78 is 0. The predicted molar refractivity (Wildman–Crippen MR) is 353 cm³/mol. The topological polar surface area (TPSA) is 0 Å². The van der Waals surface area contributed by atoms with E-state index in [1.54, 1.807) is 0 Å². The van der Waals surface area contributed by atoms with E-state index in [4.69, 9.17) is 0 Å². The molecule has 0 N–H and O–H groups in total. The molecule has 0 unspecified atom stereocenters. The van der Waals surface area contributed by atoms with Gasteiger partial charge in [0.05, 0.1) is 0 Å². The number of fused-ring (bicyclic) bond motifs is 10. The molecule has 0 aromatic heterocycles. The van der Waals surface area contributed by atoms with E-state index in [9.17, 15) is 0 Å². The lowest BCUT2D eigenvalue weighted by atomic mass is 9.79. The summed E-state index contributed by atoms with van der Waals surface area (Å²) in [7, 11) is 0.